The van der Waals surface area contributed by atoms with E-state index in [1.54, 1.807) is 0 Å². The van der Waals surface area contributed by atoms with E-state index in [0.29, 0.717) is 19.3 Å². The molecule has 0 aromatic rings. The summed E-state index contributed by atoms with van der Waals surface area (Å²) in [7, 11) is -3.64. The Balaban J connectivity index is 4.02. The van der Waals surface area contributed by atoms with Crippen LogP contribution in [0.3, 0.4) is 0 Å². The smallest absolute Gasteiger partial charge is 0.466 e. The molecule has 0 rings (SSSR count). The van der Waals surface area contributed by atoms with E-state index in [2.05, 4.69) is 0 Å². The van der Waals surface area contributed by atoms with E-state index >= 15 is 0 Å². The molecule has 9 heteroatoms. The van der Waals surface area contributed by atoms with Crippen LogP contribution in [0.15, 0.2) is 0 Å². The van der Waals surface area contributed by atoms with E-state index in [1.807, 2.05) is 6.92 Å². The van der Waals surface area contributed by atoms with Crippen LogP contribution in [0.4, 0.5) is 0 Å². The zero-order valence-corrected chi connectivity index (χ0v) is 14.3. The summed E-state index contributed by atoms with van der Waals surface area (Å²) in [6, 6.07) is 0. The van der Waals surface area contributed by atoms with E-state index in [-0.39, 0.29) is 45.0 Å². The van der Waals surface area contributed by atoms with E-state index in [0.717, 1.165) is 0 Å². The number of hydrogen-bond donors (Lipinski definition) is 0. The minimum Gasteiger partial charge on any atom is -0.466 e. The van der Waals surface area contributed by atoms with Gasteiger partial charge in [-0.3, -0.25) is 23.2 Å². The lowest BCUT2D eigenvalue weighted by molar-refractivity contribution is -0.142. The molecular weight excluding hydrogens is 315 g/mol. The first kappa shape index (κ1) is 21.0. The van der Waals surface area contributed by atoms with Crippen molar-refractivity contribution in [1.29, 1.82) is 0 Å². The van der Waals surface area contributed by atoms with E-state index in [1.165, 1.54) is 13.8 Å². The van der Waals surface area contributed by atoms with Crippen molar-refractivity contribution in [3.63, 3.8) is 0 Å². The number of ether oxygens (including phenoxy) is 2. The Labute approximate surface area is 131 Å². The predicted molar refractivity (Wildman–Crippen MR) is 78.3 cm³/mol. The van der Waals surface area contributed by atoms with Crippen LogP contribution in [0.25, 0.3) is 0 Å². The summed E-state index contributed by atoms with van der Waals surface area (Å²) in [6.45, 7) is 5.24. The molecule has 0 spiro atoms. The van der Waals surface area contributed by atoms with Gasteiger partial charge in [-0.1, -0.05) is 6.92 Å². The van der Waals surface area contributed by atoms with Crippen LogP contribution < -0.4 is 0 Å². The predicted octanol–water partition coefficient (Wildman–Crippen LogP) is 2.46. The lowest BCUT2D eigenvalue weighted by Gasteiger charge is -2.17. The van der Waals surface area contributed by atoms with Gasteiger partial charge in [0.2, 0.25) is 0 Å². The fraction of sp³-hybridized carbons (Fsp3) is 0.846. The van der Waals surface area contributed by atoms with Crippen molar-refractivity contribution in [3.05, 3.63) is 0 Å². The van der Waals surface area contributed by atoms with Crippen molar-refractivity contribution >= 4 is 19.8 Å². The highest BCUT2D eigenvalue weighted by molar-refractivity contribution is 7.48. The quantitative estimate of drug-likeness (QED) is 0.286. The van der Waals surface area contributed by atoms with Crippen molar-refractivity contribution in [2.75, 3.05) is 33.0 Å². The second kappa shape index (κ2) is 12.6. The monoisotopic (exact) mass is 340 g/mol. The highest BCUT2D eigenvalue weighted by Crippen LogP contribution is 2.49. The zero-order valence-electron chi connectivity index (χ0n) is 13.4. The van der Waals surface area contributed by atoms with Gasteiger partial charge in [-0.05, 0) is 6.42 Å². The Bertz CT molecular complexity index is 343. The van der Waals surface area contributed by atoms with Crippen LogP contribution in [0.2, 0.25) is 0 Å². The zero-order chi connectivity index (χ0) is 16.8. The molecule has 0 aromatic heterocycles. The molecule has 0 N–H and O–H groups in total. The van der Waals surface area contributed by atoms with Gasteiger partial charge in [-0.25, -0.2) is 4.57 Å². The van der Waals surface area contributed by atoms with Gasteiger partial charge in [-0.2, -0.15) is 0 Å². The van der Waals surface area contributed by atoms with Crippen LogP contribution in [0.5, 0.6) is 0 Å². The van der Waals surface area contributed by atoms with Crippen LogP contribution in [-0.2, 0) is 37.2 Å². The van der Waals surface area contributed by atoms with E-state index in [4.69, 9.17) is 23.0 Å². The third-order valence-corrected chi connectivity index (χ3v) is 3.64. The second-order valence-corrected chi connectivity index (χ2v) is 6.00. The summed E-state index contributed by atoms with van der Waals surface area (Å²) in [5, 5.41) is 0. The molecule has 0 bridgehead atoms. The summed E-state index contributed by atoms with van der Waals surface area (Å²) < 4.78 is 37.2. The molecule has 22 heavy (non-hydrogen) atoms. The number of phosphoric ester groups is 1. The Hall–Kier alpha value is -0.950. The van der Waals surface area contributed by atoms with Crippen LogP contribution >= 0.6 is 7.82 Å². The third kappa shape index (κ3) is 12.8. The maximum Gasteiger partial charge on any atom is 0.474 e. The maximum atomic E-state index is 12.3. The standard InChI is InChI=1S/C13H25O8P/c1-4-7-19-22(16,20-10-5-8-17-12(2)14)21-11-6-9-18-13(3)15/h4-11H2,1-3H3. The number of hydrogen-bond acceptors (Lipinski definition) is 8. The number of esters is 2. The summed E-state index contributed by atoms with van der Waals surface area (Å²) in [4.78, 5) is 21.2. The van der Waals surface area contributed by atoms with Crippen molar-refractivity contribution < 1.29 is 37.2 Å². The minimum absolute atomic E-state index is 0.0816. The molecule has 0 radical (unpaired) electrons. The van der Waals surface area contributed by atoms with Gasteiger partial charge in [0.25, 0.3) is 0 Å². The largest absolute Gasteiger partial charge is 0.474 e. The molecule has 0 unspecified atom stereocenters. The summed E-state index contributed by atoms with van der Waals surface area (Å²) in [5.74, 6) is -0.765. The van der Waals surface area contributed by atoms with E-state index < -0.39 is 7.82 Å². The first-order valence-electron chi connectivity index (χ1n) is 7.20. The topological polar surface area (TPSA) is 97.4 Å². The van der Waals surface area contributed by atoms with Gasteiger partial charge in [0, 0.05) is 26.7 Å². The molecule has 8 nitrogen and oxygen atoms in total. The van der Waals surface area contributed by atoms with Crippen LogP contribution in [-0.4, -0.2) is 45.0 Å². The molecule has 0 amide bonds. The molecule has 0 fully saturated rings. The number of phosphoric acid groups is 1. The molecule has 0 aliphatic carbocycles. The Morgan fingerprint density at radius 3 is 1.55 bits per heavy atom. The second-order valence-electron chi connectivity index (χ2n) is 4.33. The Morgan fingerprint density at radius 2 is 1.18 bits per heavy atom. The van der Waals surface area contributed by atoms with Crippen molar-refractivity contribution in [1.82, 2.24) is 0 Å². The first-order valence-corrected chi connectivity index (χ1v) is 8.66. The van der Waals surface area contributed by atoms with Crippen LogP contribution in [0, 0.1) is 0 Å². The maximum absolute atomic E-state index is 12.3. The molecule has 0 atom stereocenters. The minimum atomic E-state index is -3.64. The third-order valence-electron chi connectivity index (χ3n) is 2.14. The summed E-state index contributed by atoms with van der Waals surface area (Å²) in [6.07, 6.45) is 1.43. The summed E-state index contributed by atoms with van der Waals surface area (Å²) in [5.41, 5.74) is 0. The molecular formula is C13H25O8P. The molecule has 0 saturated heterocycles. The van der Waals surface area contributed by atoms with Gasteiger partial charge in [0.15, 0.2) is 0 Å². The van der Waals surface area contributed by atoms with Crippen molar-refractivity contribution in [3.8, 4) is 0 Å². The van der Waals surface area contributed by atoms with Gasteiger partial charge in [0.1, 0.15) is 0 Å². The van der Waals surface area contributed by atoms with E-state index in [9.17, 15) is 14.2 Å². The average Bonchev–Trinajstić information content (AvgIpc) is 2.44. The molecule has 0 aromatic carbocycles. The summed E-state index contributed by atoms with van der Waals surface area (Å²) >= 11 is 0. The fourth-order valence-corrected chi connectivity index (χ4v) is 2.55. The molecule has 0 aliphatic rings. The van der Waals surface area contributed by atoms with Crippen molar-refractivity contribution in [2.24, 2.45) is 0 Å². The molecule has 0 aliphatic heterocycles. The van der Waals surface area contributed by atoms with Gasteiger partial charge in [0.05, 0.1) is 33.0 Å². The Kier molecular flexibility index (Phi) is 12.0. The Morgan fingerprint density at radius 1 is 0.773 bits per heavy atom. The van der Waals surface area contributed by atoms with Crippen LogP contribution in [0.1, 0.15) is 40.0 Å². The number of rotatable bonds is 13. The highest BCUT2D eigenvalue weighted by atomic mass is 31.2. The fourth-order valence-electron chi connectivity index (χ4n) is 1.22. The number of carbonyl (C=O) groups is 2. The molecule has 130 valence electrons. The average molecular weight is 340 g/mol. The molecule has 0 heterocycles. The van der Waals surface area contributed by atoms with Gasteiger partial charge < -0.3 is 9.47 Å². The normalized spacial score (nSPS) is 11.2. The SMILES string of the molecule is CCCOP(=O)(OCCCOC(C)=O)OCCCOC(C)=O. The highest BCUT2D eigenvalue weighted by Gasteiger charge is 2.26. The lowest BCUT2D eigenvalue weighted by atomic mass is 10.5. The van der Waals surface area contributed by atoms with Gasteiger partial charge >= 0.3 is 19.8 Å². The lowest BCUT2D eigenvalue weighted by Crippen LogP contribution is -2.08. The van der Waals surface area contributed by atoms with Crippen molar-refractivity contribution in [2.45, 2.75) is 40.0 Å². The molecule has 0 saturated carbocycles. The van der Waals surface area contributed by atoms with Gasteiger partial charge in [-0.15, -0.1) is 0 Å². The number of carbonyl (C=O) groups excluding carboxylic acids is 2. The first-order chi connectivity index (χ1) is 10.4.